The van der Waals surface area contributed by atoms with Gasteiger partial charge in [0.15, 0.2) is 0 Å². The molecular formula is C21H17Cl2F5. The van der Waals surface area contributed by atoms with E-state index in [9.17, 15) is 22.0 Å². The Hall–Kier alpha value is -1.77. The van der Waals surface area contributed by atoms with Gasteiger partial charge in [0, 0.05) is 5.92 Å². The molecular weight excluding hydrogens is 418 g/mol. The van der Waals surface area contributed by atoms with Gasteiger partial charge in [0.2, 0.25) is 0 Å². The molecule has 2 rings (SSSR count). The zero-order valence-electron chi connectivity index (χ0n) is 15.0. The van der Waals surface area contributed by atoms with Gasteiger partial charge >= 0.3 is 6.18 Å². The summed E-state index contributed by atoms with van der Waals surface area (Å²) >= 11 is 11.9. The summed E-state index contributed by atoms with van der Waals surface area (Å²) in [5.74, 6) is 1.35. The van der Waals surface area contributed by atoms with Crippen LogP contribution in [0.1, 0.15) is 43.7 Å². The first-order valence-corrected chi connectivity index (χ1v) is 9.45. The number of unbranched alkanes of at least 4 members (excludes halogenated alkanes) is 3. The van der Waals surface area contributed by atoms with Crippen molar-refractivity contribution in [3.63, 3.8) is 0 Å². The average Bonchev–Trinajstić information content (AvgIpc) is 2.56. The fourth-order valence-corrected chi connectivity index (χ4v) is 3.35. The van der Waals surface area contributed by atoms with E-state index >= 15 is 0 Å². The Morgan fingerprint density at radius 3 is 1.96 bits per heavy atom. The zero-order chi connectivity index (χ0) is 20.9. The van der Waals surface area contributed by atoms with E-state index in [-0.39, 0.29) is 26.7 Å². The smallest absolute Gasteiger partial charge is 0.206 e. The van der Waals surface area contributed by atoms with Crippen molar-refractivity contribution in [1.82, 2.24) is 0 Å². The molecule has 2 aromatic rings. The average molecular weight is 435 g/mol. The Labute approximate surface area is 170 Å². The van der Waals surface area contributed by atoms with Gasteiger partial charge in [-0.25, -0.2) is 8.78 Å². The molecule has 0 aliphatic heterocycles. The molecule has 0 saturated heterocycles. The molecule has 0 heterocycles. The Kier molecular flexibility index (Phi) is 7.74. The van der Waals surface area contributed by atoms with Crippen LogP contribution >= 0.6 is 23.2 Å². The summed E-state index contributed by atoms with van der Waals surface area (Å²) < 4.78 is 65.9. The molecule has 0 saturated carbocycles. The summed E-state index contributed by atoms with van der Waals surface area (Å²) in [5, 5.41) is -0.441. The molecule has 0 spiro atoms. The van der Waals surface area contributed by atoms with Crippen LogP contribution in [0.25, 0.3) is 11.1 Å². The lowest BCUT2D eigenvalue weighted by molar-refractivity contribution is -0.0696. The molecule has 0 radical (unpaired) electrons. The molecule has 0 unspecified atom stereocenters. The lowest BCUT2D eigenvalue weighted by Crippen LogP contribution is -2.01. The van der Waals surface area contributed by atoms with Gasteiger partial charge in [0.25, 0.3) is 0 Å². The highest BCUT2D eigenvalue weighted by Gasteiger charge is 2.23. The van der Waals surface area contributed by atoms with E-state index in [2.05, 4.69) is 6.92 Å². The van der Waals surface area contributed by atoms with Crippen LogP contribution in [0.4, 0.5) is 22.0 Å². The SMILES string of the molecule is CCCCCCc1cc(F)c(-c2cc(Cl)c(C#CC(F)(F)F)c(Cl)c2)c(F)c1. The third-order valence-corrected chi connectivity index (χ3v) is 4.68. The van der Waals surface area contributed by atoms with Crippen molar-refractivity contribution in [2.45, 2.75) is 45.2 Å². The van der Waals surface area contributed by atoms with Gasteiger partial charge in [-0.15, -0.1) is 0 Å². The molecule has 0 fully saturated rings. The van der Waals surface area contributed by atoms with Crippen LogP contribution in [0.5, 0.6) is 0 Å². The van der Waals surface area contributed by atoms with Gasteiger partial charge in [-0.3, -0.25) is 0 Å². The van der Waals surface area contributed by atoms with E-state index in [1.807, 2.05) is 5.92 Å². The highest BCUT2D eigenvalue weighted by atomic mass is 35.5. The lowest BCUT2D eigenvalue weighted by Gasteiger charge is -2.11. The van der Waals surface area contributed by atoms with E-state index in [4.69, 9.17) is 23.2 Å². The maximum atomic E-state index is 14.5. The maximum Gasteiger partial charge on any atom is 0.458 e. The van der Waals surface area contributed by atoms with Crippen LogP contribution in [0.3, 0.4) is 0 Å². The first-order chi connectivity index (χ1) is 13.1. The van der Waals surface area contributed by atoms with Crippen molar-refractivity contribution in [1.29, 1.82) is 0 Å². The minimum atomic E-state index is -4.71. The largest absolute Gasteiger partial charge is 0.458 e. The molecule has 150 valence electrons. The Balaban J connectivity index is 2.36. The van der Waals surface area contributed by atoms with Crippen molar-refractivity contribution in [3.8, 4) is 23.0 Å². The van der Waals surface area contributed by atoms with Crippen LogP contribution in [-0.4, -0.2) is 6.18 Å². The Morgan fingerprint density at radius 2 is 1.46 bits per heavy atom. The molecule has 0 aliphatic rings. The van der Waals surface area contributed by atoms with Gasteiger partial charge in [0.05, 0.1) is 21.2 Å². The normalized spacial score (nSPS) is 11.3. The Morgan fingerprint density at radius 1 is 0.893 bits per heavy atom. The number of halogens is 7. The van der Waals surface area contributed by atoms with Crippen LogP contribution in [0, 0.1) is 23.5 Å². The molecule has 0 aromatic heterocycles. The second-order valence-corrected chi connectivity index (χ2v) is 7.12. The van der Waals surface area contributed by atoms with Crippen molar-refractivity contribution in [2.24, 2.45) is 0 Å². The number of alkyl halides is 3. The minimum Gasteiger partial charge on any atom is -0.206 e. The minimum absolute atomic E-state index is 0.0279. The number of hydrogen-bond donors (Lipinski definition) is 0. The van der Waals surface area contributed by atoms with Gasteiger partial charge in [0.1, 0.15) is 11.6 Å². The summed E-state index contributed by atoms with van der Waals surface area (Å²) in [6.45, 7) is 2.07. The maximum absolute atomic E-state index is 14.5. The molecule has 0 atom stereocenters. The number of rotatable bonds is 6. The van der Waals surface area contributed by atoms with E-state index in [1.54, 1.807) is 0 Å². The summed E-state index contributed by atoms with van der Waals surface area (Å²) in [6, 6.07) is 4.81. The van der Waals surface area contributed by atoms with Crippen LogP contribution in [0.2, 0.25) is 10.0 Å². The topological polar surface area (TPSA) is 0 Å². The van der Waals surface area contributed by atoms with Gasteiger partial charge < -0.3 is 0 Å². The number of hydrogen-bond acceptors (Lipinski definition) is 0. The highest BCUT2D eigenvalue weighted by molar-refractivity contribution is 6.37. The highest BCUT2D eigenvalue weighted by Crippen LogP contribution is 2.35. The molecule has 2 aromatic carbocycles. The Bertz CT molecular complexity index is 861. The molecule has 0 N–H and O–H groups in total. The number of aryl methyl sites for hydroxylation is 1. The van der Waals surface area contributed by atoms with Crippen molar-refractivity contribution < 1.29 is 22.0 Å². The molecule has 0 amide bonds. The van der Waals surface area contributed by atoms with E-state index < -0.39 is 17.8 Å². The molecule has 28 heavy (non-hydrogen) atoms. The van der Waals surface area contributed by atoms with Crippen molar-refractivity contribution in [3.05, 3.63) is 57.1 Å². The third-order valence-electron chi connectivity index (χ3n) is 4.08. The molecule has 0 nitrogen and oxygen atoms in total. The summed E-state index contributed by atoms with van der Waals surface area (Å²) in [7, 11) is 0. The molecule has 0 aliphatic carbocycles. The quantitative estimate of drug-likeness (QED) is 0.245. The zero-order valence-corrected chi connectivity index (χ0v) is 16.5. The fourth-order valence-electron chi connectivity index (χ4n) is 2.77. The van der Waals surface area contributed by atoms with Gasteiger partial charge in [-0.2, -0.15) is 13.2 Å². The van der Waals surface area contributed by atoms with E-state index in [0.717, 1.165) is 43.7 Å². The van der Waals surface area contributed by atoms with Gasteiger partial charge in [-0.1, -0.05) is 55.3 Å². The predicted octanol–water partition coefficient (Wildman–Crippen LogP) is 7.98. The summed E-state index contributed by atoms with van der Waals surface area (Å²) in [5.41, 5.74) is -0.0194. The second kappa shape index (κ2) is 9.62. The number of benzene rings is 2. The third kappa shape index (κ3) is 6.12. The lowest BCUT2D eigenvalue weighted by atomic mass is 9.98. The monoisotopic (exact) mass is 434 g/mol. The van der Waals surface area contributed by atoms with E-state index in [1.165, 1.54) is 12.1 Å². The predicted molar refractivity (Wildman–Crippen MR) is 103 cm³/mol. The standard InChI is InChI=1S/C21H17Cl2F5/c1-2-3-4-5-6-13-9-18(24)20(19(25)10-13)14-11-16(22)15(17(23)12-14)7-8-21(26,27)28/h9-12H,2-6H2,1H3. The van der Waals surface area contributed by atoms with Crippen LogP contribution in [0.15, 0.2) is 24.3 Å². The van der Waals surface area contributed by atoms with Crippen molar-refractivity contribution >= 4 is 23.2 Å². The first-order valence-electron chi connectivity index (χ1n) is 8.69. The van der Waals surface area contributed by atoms with Gasteiger partial charge in [-0.05, 0) is 48.2 Å². The van der Waals surface area contributed by atoms with Crippen LogP contribution < -0.4 is 0 Å². The summed E-state index contributed by atoms with van der Waals surface area (Å²) in [4.78, 5) is 0. The van der Waals surface area contributed by atoms with E-state index in [0.29, 0.717) is 12.0 Å². The fraction of sp³-hybridized carbons (Fsp3) is 0.333. The summed E-state index contributed by atoms with van der Waals surface area (Å²) in [6.07, 6.45) is -0.225. The second-order valence-electron chi connectivity index (χ2n) is 6.31. The molecule has 0 bridgehead atoms. The molecule has 7 heteroatoms. The van der Waals surface area contributed by atoms with Crippen molar-refractivity contribution in [2.75, 3.05) is 0 Å². The first kappa shape index (κ1) is 22.5. The van der Waals surface area contributed by atoms with Crippen LogP contribution in [-0.2, 0) is 6.42 Å².